The number of aryl methyl sites for hydroxylation is 3. The van der Waals surface area contributed by atoms with Crippen LogP contribution in [0.3, 0.4) is 0 Å². The van der Waals surface area contributed by atoms with Crippen LogP contribution in [0.1, 0.15) is 39.3 Å². The van der Waals surface area contributed by atoms with Crippen LogP contribution >= 0.6 is 11.3 Å². The lowest BCUT2D eigenvalue weighted by Gasteiger charge is -2.31. The molecule has 2 aliphatic heterocycles. The minimum Gasteiger partial charge on any atom is -0.454 e. The van der Waals surface area contributed by atoms with Gasteiger partial charge in [-0.15, -0.1) is 11.3 Å². The zero-order chi connectivity index (χ0) is 23.8. The fraction of sp³-hybridized carbons (Fsp3) is 0.346. The molecule has 2 aliphatic rings. The van der Waals surface area contributed by atoms with Gasteiger partial charge in [0, 0.05) is 36.3 Å². The van der Waals surface area contributed by atoms with Crippen molar-refractivity contribution in [3.63, 3.8) is 0 Å². The molecule has 5 rings (SSSR count). The Morgan fingerprint density at radius 3 is 2.56 bits per heavy atom. The van der Waals surface area contributed by atoms with Gasteiger partial charge in [-0.05, 0) is 51.3 Å². The lowest BCUT2D eigenvalue weighted by molar-refractivity contribution is -0.121. The highest BCUT2D eigenvalue weighted by molar-refractivity contribution is 7.17. The normalized spacial score (nSPS) is 15.4. The number of nitrogens with one attached hydrogen (secondary N) is 1. The number of likely N-dealkylation sites (tertiary alicyclic amines) is 1. The second-order valence-electron chi connectivity index (χ2n) is 8.88. The van der Waals surface area contributed by atoms with Gasteiger partial charge in [-0.2, -0.15) is 0 Å². The van der Waals surface area contributed by atoms with Crippen molar-refractivity contribution >= 4 is 28.8 Å². The number of amides is 2. The summed E-state index contributed by atoms with van der Waals surface area (Å²) in [5.41, 5.74) is 4.87. The Kier molecular flexibility index (Phi) is 6.00. The second-order valence-corrected chi connectivity index (χ2v) is 9.87. The van der Waals surface area contributed by atoms with Crippen molar-refractivity contribution in [2.24, 2.45) is 5.92 Å². The van der Waals surface area contributed by atoms with Gasteiger partial charge in [0.05, 0.1) is 5.69 Å². The maximum Gasteiger partial charge on any atom is 0.265 e. The first-order chi connectivity index (χ1) is 16.4. The third-order valence-electron chi connectivity index (χ3n) is 6.40. The quantitative estimate of drug-likeness (QED) is 0.575. The highest BCUT2D eigenvalue weighted by Gasteiger charge is 2.30. The molecule has 0 atom stereocenters. The Hall–Kier alpha value is -3.39. The molecule has 2 aromatic carbocycles. The Bertz CT molecular complexity index is 1260. The SMILES string of the molecule is Cc1ccc(-c2nc(C)c(C(=O)N3CCC(C(=O)Nc4ccc5c(c4)OCO5)CC3)s2)c(C)c1. The number of fused-ring (bicyclic) bond motifs is 1. The van der Waals surface area contributed by atoms with Crippen LogP contribution in [0.2, 0.25) is 0 Å². The molecule has 2 amide bonds. The zero-order valence-electron chi connectivity index (χ0n) is 19.5. The van der Waals surface area contributed by atoms with Gasteiger partial charge in [0.15, 0.2) is 11.5 Å². The number of thiazole rings is 1. The summed E-state index contributed by atoms with van der Waals surface area (Å²) in [6.07, 6.45) is 1.26. The summed E-state index contributed by atoms with van der Waals surface area (Å²) >= 11 is 1.45. The monoisotopic (exact) mass is 477 g/mol. The molecular formula is C26H27N3O4S. The van der Waals surface area contributed by atoms with Crippen LogP contribution in [-0.2, 0) is 4.79 Å². The number of benzene rings is 2. The van der Waals surface area contributed by atoms with Crippen molar-refractivity contribution < 1.29 is 19.1 Å². The molecule has 1 N–H and O–H groups in total. The van der Waals surface area contributed by atoms with Crippen LogP contribution in [0.25, 0.3) is 10.6 Å². The number of carbonyl (C=O) groups excluding carboxylic acids is 2. The third kappa shape index (κ3) is 4.37. The molecule has 0 radical (unpaired) electrons. The highest BCUT2D eigenvalue weighted by atomic mass is 32.1. The van der Waals surface area contributed by atoms with Gasteiger partial charge >= 0.3 is 0 Å². The predicted octanol–water partition coefficient (Wildman–Crippen LogP) is 4.95. The van der Waals surface area contributed by atoms with E-state index in [9.17, 15) is 9.59 Å². The zero-order valence-corrected chi connectivity index (χ0v) is 20.3. The molecule has 34 heavy (non-hydrogen) atoms. The number of rotatable bonds is 4. The summed E-state index contributed by atoms with van der Waals surface area (Å²) in [5, 5.41) is 3.84. The molecule has 0 bridgehead atoms. The highest BCUT2D eigenvalue weighted by Crippen LogP contribution is 2.35. The van der Waals surface area contributed by atoms with E-state index in [1.54, 1.807) is 12.1 Å². The standard InChI is InChI=1S/C26H27N3O4S/c1-15-4-6-20(16(2)12-15)25-27-17(3)23(34-25)26(31)29-10-8-18(9-11-29)24(30)28-19-5-7-21-22(13-19)33-14-32-21/h4-7,12-13,18H,8-11,14H2,1-3H3,(H,28,30). The number of ether oxygens (including phenoxy) is 2. The smallest absolute Gasteiger partial charge is 0.265 e. The minimum atomic E-state index is -0.136. The van der Waals surface area contributed by atoms with Crippen molar-refractivity contribution in [3.8, 4) is 22.1 Å². The summed E-state index contributed by atoms with van der Waals surface area (Å²) in [4.78, 5) is 33.3. The van der Waals surface area contributed by atoms with Crippen molar-refractivity contribution in [1.82, 2.24) is 9.88 Å². The summed E-state index contributed by atoms with van der Waals surface area (Å²) < 4.78 is 10.7. The molecule has 1 saturated heterocycles. The molecule has 0 saturated carbocycles. The fourth-order valence-electron chi connectivity index (χ4n) is 4.47. The predicted molar refractivity (Wildman–Crippen MR) is 132 cm³/mol. The Labute approximate surface area is 202 Å². The van der Waals surface area contributed by atoms with E-state index in [4.69, 9.17) is 9.47 Å². The van der Waals surface area contributed by atoms with E-state index in [2.05, 4.69) is 42.3 Å². The molecule has 0 unspecified atom stereocenters. The van der Waals surface area contributed by atoms with Gasteiger partial charge in [0.25, 0.3) is 5.91 Å². The summed E-state index contributed by atoms with van der Waals surface area (Å²) in [6.45, 7) is 7.33. The first-order valence-corrected chi connectivity index (χ1v) is 12.3. The topological polar surface area (TPSA) is 80.8 Å². The molecule has 7 nitrogen and oxygen atoms in total. The molecule has 3 aromatic rings. The molecule has 8 heteroatoms. The average molecular weight is 478 g/mol. The maximum absolute atomic E-state index is 13.3. The van der Waals surface area contributed by atoms with Crippen LogP contribution < -0.4 is 14.8 Å². The molecule has 0 aliphatic carbocycles. The number of carbonyl (C=O) groups is 2. The number of hydrogen-bond acceptors (Lipinski definition) is 6. The molecule has 176 valence electrons. The number of nitrogens with zero attached hydrogens (tertiary/aromatic N) is 2. The summed E-state index contributed by atoms with van der Waals surface area (Å²) in [5.74, 6) is 1.16. The van der Waals surface area contributed by atoms with E-state index in [0.29, 0.717) is 48.0 Å². The minimum absolute atomic E-state index is 0.000596. The first-order valence-electron chi connectivity index (χ1n) is 11.4. The Morgan fingerprint density at radius 2 is 1.79 bits per heavy atom. The van der Waals surface area contributed by atoms with Crippen LogP contribution in [0.5, 0.6) is 11.5 Å². The number of anilines is 1. The maximum atomic E-state index is 13.3. The fourth-order valence-corrected chi connectivity index (χ4v) is 5.60. The number of aromatic nitrogens is 1. The number of hydrogen-bond donors (Lipinski definition) is 1. The van der Waals surface area contributed by atoms with Gasteiger partial charge in [0.2, 0.25) is 12.7 Å². The van der Waals surface area contributed by atoms with Crippen LogP contribution in [0.4, 0.5) is 5.69 Å². The number of piperidine rings is 1. The largest absolute Gasteiger partial charge is 0.454 e. The van der Waals surface area contributed by atoms with Gasteiger partial charge in [-0.1, -0.05) is 23.8 Å². The Balaban J connectivity index is 1.21. The Morgan fingerprint density at radius 1 is 1.03 bits per heavy atom. The second kappa shape index (κ2) is 9.10. The van der Waals surface area contributed by atoms with Crippen molar-refractivity contribution in [2.45, 2.75) is 33.6 Å². The summed E-state index contributed by atoms with van der Waals surface area (Å²) in [7, 11) is 0. The third-order valence-corrected chi connectivity index (χ3v) is 7.57. The van der Waals surface area contributed by atoms with E-state index >= 15 is 0 Å². The van der Waals surface area contributed by atoms with Crippen LogP contribution in [-0.4, -0.2) is 41.6 Å². The van der Waals surface area contributed by atoms with E-state index in [0.717, 1.165) is 21.8 Å². The molecular weight excluding hydrogens is 450 g/mol. The van der Waals surface area contributed by atoms with Crippen LogP contribution in [0, 0.1) is 26.7 Å². The van der Waals surface area contributed by atoms with Gasteiger partial charge in [-0.3, -0.25) is 9.59 Å². The van der Waals surface area contributed by atoms with E-state index in [-0.39, 0.29) is 24.5 Å². The van der Waals surface area contributed by atoms with Gasteiger partial charge in [-0.25, -0.2) is 4.98 Å². The molecule has 1 aromatic heterocycles. The van der Waals surface area contributed by atoms with Crippen molar-refractivity contribution in [2.75, 3.05) is 25.2 Å². The van der Waals surface area contributed by atoms with E-state index < -0.39 is 0 Å². The molecule has 1 fully saturated rings. The molecule has 3 heterocycles. The summed E-state index contributed by atoms with van der Waals surface area (Å²) in [6, 6.07) is 11.7. The van der Waals surface area contributed by atoms with Crippen molar-refractivity contribution in [1.29, 1.82) is 0 Å². The van der Waals surface area contributed by atoms with Crippen molar-refractivity contribution in [3.05, 3.63) is 58.1 Å². The first kappa shape index (κ1) is 22.4. The van der Waals surface area contributed by atoms with Gasteiger partial charge in [0.1, 0.15) is 9.88 Å². The van der Waals surface area contributed by atoms with Gasteiger partial charge < -0.3 is 19.7 Å². The lowest BCUT2D eigenvalue weighted by Crippen LogP contribution is -2.41. The molecule has 0 spiro atoms. The van der Waals surface area contributed by atoms with E-state index in [1.807, 2.05) is 17.9 Å². The average Bonchev–Trinajstić information content (AvgIpc) is 3.44. The van der Waals surface area contributed by atoms with Crippen LogP contribution in [0.15, 0.2) is 36.4 Å². The lowest BCUT2D eigenvalue weighted by atomic mass is 9.95. The van der Waals surface area contributed by atoms with E-state index in [1.165, 1.54) is 16.9 Å².